The quantitative estimate of drug-likeness (QED) is 0.473. The average Bonchev–Trinajstić information content (AvgIpc) is 2.94. The van der Waals surface area contributed by atoms with Crippen LogP contribution in [0.1, 0.15) is 36.2 Å². The normalized spacial score (nSPS) is 21.1. The van der Waals surface area contributed by atoms with E-state index >= 15 is 0 Å². The summed E-state index contributed by atoms with van der Waals surface area (Å²) < 4.78 is 11.9. The van der Waals surface area contributed by atoms with E-state index in [1.165, 1.54) is 0 Å². The number of aliphatic hydroxyl groups is 1. The highest BCUT2D eigenvalue weighted by Gasteiger charge is 2.33. The predicted molar refractivity (Wildman–Crippen MR) is 149 cm³/mol. The van der Waals surface area contributed by atoms with Crippen LogP contribution in [-0.2, 0) is 16.1 Å². The number of hydrogen-bond donors (Lipinski definition) is 2. The van der Waals surface area contributed by atoms with E-state index in [0.29, 0.717) is 56.3 Å². The van der Waals surface area contributed by atoms with E-state index in [2.05, 4.69) is 27.0 Å². The predicted octanol–water partition coefficient (Wildman–Crippen LogP) is 2.09. The SMILES string of the molecule is C[C@H](CO)N1C[C@H](C)[C@@H](CN(C)Cc2ccncc2)Oc2ccc(NC(=O)CCN3CCOCC3)cc2C1=O. The fraction of sp³-hybridized carbons (Fsp3) is 0.552. The van der Waals surface area contributed by atoms with Crippen molar-refractivity contribution in [3.8, 4) is 5.75 Å². The number of anilines is 1. The van der Waals surface area contributed by atoms with Crippen LogP contribution in [-0.4, -0.2) is 108 Å². The van der Waals surface area contributed by atoms with E-state index in [1.807, 2.05) is 26.1 Å². The number of carbonyl (C=O) groups excluding carboxylic acids is 2. The number of benzene rings is 1. The summed E-state index contributed by atoms with van der Waals surface area (Å²) >= 11 is 0. The molecule has 2 aliphatic heterocycles. The molecule has 2 aromatic rings. The number of pyridine rings is 1. The molecule has 0 unspecified atom stereocenters. The molecular formula is C29H41N5O5. The minimum absolute atomic E-state index is 0.0237. The molecule has 1 saturated heterocycles. The number of hydrogen-bond acceptors (Lipinski definition) is 8. The molecule has 2 N–H and O–H groups in total. The summed E-state index contributed by atoms with van der Waals surface area (Å²) in [5.41, 5.74) is 2.09. The van der Waals surface area contributed by atoms with Crippen molar-refractivity contribution >= 4 is 17.5 Å². The van der Waals surface area contributed by atoms with E-state index in [9.17, 15) is 14.7 Å². The lowest BCUT2D eigenvalue weighted by atomic mass is 9.99. The van der Waals surface area contributed by atoms with Crippen LogP contribution in [0.25, 0.3) is 0 Å². The van der Waals surface area contributed by atoms with Crippen LogP contribution in [0.15, 0.2) is 42.7 Å². The second kappa shape index (κ2) is 13.8. The Bertz CT molecular complexity index is 1090. The summed E-state index contributed by atoms with van der Waals surface area (Å²) in [6.45, 7) is 9.32. The molecule has 1 fully saturated rings. The highest BCUT2D eigenvalue weighted by molar-refractivity contribution is 5.99. The zero-order valence-electron chi connectivity index (χ0n) is 23.2. The van der Waals surface area contributed by atoms with Gasteiger partial charge in [-0.05, 0) is 49.9 Å². The Morgan fingerprint density at radius 1 is 1.23 bits per heavy atom. The molecule has 3 atom stereocenters. The number of nitrogens with one attached hydrogen (secondary N) is 1. The second-order valence-corrected chi connectivity index (χ2v) is 10.6. The number of likely N-dealkylation sites (N-methyl/N-ethyl adjacent to an activating group) is 1. The van der Waals surface area contributed by atoms with Crippen LogP contribution in [0.3, 0.4) is 0 Å². The van der Waals surface area contributed by atoms with Gasteiger partial charge in [0.15, 0.2) is 0 Å². The van der Waals surface area contributed by atoms with Crippen molar-refractivity contribution in [1.82, 2.24) is 19.7 Å². The van der Waals surface area contributed by atoms with Gasteiger partial charge in [-0.3, -0.25) is 24.4 Å². The van der Waals surface area contributed by atoms with E-state index in [-0.39, 0.29) is 36.5 Å². The molecule has 0 spiro atoms. The third kappa shape index (κ3) is 7.98. The molecule has 39 heavy (non-hydrogen) atoms. The van der Waals surface area contributed by atoms with E-state index < -0.39 is 0 Å². The number of aromatic nitrogens is 1. The summed E-state index contributed by atoms with van der Waals surface area (Å²) in [5.74, 6) is 0.183. The molecule has 10 heteroatoms. The van der Waals surface area contributed by atoms with Crippen molar-refractivity contribution in [3.63, 3.8) is 0 Å². The molecule has 2 amide bonds. The Morgan fingerprint density at radius 3 is 2.69 bits per heavy atom. The van der Waals surface area contributed by atoms with Crippen molar-refractivity contribution in [3.05, 3.63) is 53.9 Å². The zero-order chi connectivity index (χ0) is 27.8. The van der Waals surface area contributed by atoms with Gasteiger partial charge >= 0.3 is 0 Å². The van der Waals surface area contributed by atoms with Gasteiger partial charge in [-0.25, -0.2) is 0 Å². The highest BCUT2D eigenvalue weighted by atomic mass is 16.5. The molecule has 3 heterocycles. The molecule has 0 aliphatic carbocycles. The van der Waals surface area contributed by atoms with Crippen LogP contribution in [0.4, 0.5) is 5.69 Å². The lowest BCUT2D eigenvalue weighted by molar-refractivity contribution is -0.116. The molecule has 4 rings (SSSR count). The van der Waals surface area contributed by atoms with E-state index in [0.717, 1.165) is 25.2 Å². The molecule has 212 valence electrons. The minimum atomic E-state index is -0.354. The summed E-state index contributed by atoms with van der Waals surface area (Å²) in [6.07, 6.45) is 3.74. The number of amides is 2. The van der Waals surface area contributed by atoms with Crippen LogP contribution in [0.2, 0.25) is 0 Å². The Morgan fingerprint density at radius 2 is 1.97 bits per heavy atom. The fourth-order valence-corrected chi connectivity index (χ4v) is 5.00. The van der Waals surface area contributed by atoms with Crippen molar-refractivity contribution in [2.75, 3.05) is 64.9 Å². The molecule has 1 aromatic carbocycles. The monoisotopic (exact) mass is 539 g/mol. The second-order valence-electron chi connectivity index (χ2n) is 10.6. The Balaban J connectivity index is 1.50. The van der Waals surface area contributed by atoms with E-state index in [4.69, 9.17) is 9.47 Å². The first kappa shape index (κ1) is 28.9. The van der Waals surface area contributed by atoms with Gasteiger partial charge in [0.05, 0.1) is 31.4 Å². The average molecular weight is 540 g/mol. The Kier molecular flexibility index (Phi) is 10.3. The maximum Gasteiger partial charge on any atom is 0.258 e. The van der Waals surface area contributed by atoms with E-state index in [1.54, 1.807) is 35.5 Å². The summed E-state index contributed by atoms with van der Waals surface area (Å²) in [6, 6.07) is 8.87. The molecule has 2 aliphatic rings. The molecule has 10 nitrogen and oxygen atoms in total. The maximum atomic E-state index is 13.7. The number of carbonyl (C=O) groups is 2. The van der Waals surface area contributed by atoms with Crippen LogP contribution >= 0.6 is 0 Å². The number of nitrogens with zero attached hydrogens (tertiary/aromatic N) is 4. The molecule has 0 saturated carbocycles. The summed E-state index contributed by atoms with van der Waals surface area (Å²) in [4.78, 5) is 36.6. The zero-order valence-corrected chi connectivity index (χ0v) is 23.2. The Hall–Kier alpha value is -3.05. The van der Waals surface area contributed by atoms with Gasteiger partial charge in [0.25, 0.3) is 5.91 Å². The van der Waals surface area contributed by atoms with Gasteiger partial charge in [-0.15, -0.1) is 0 Å². The first-order chi connectivity index (χ1) is 18.8. The van der Waals surface area contributed by atoms with Crippen molar-refractivity contribution in [2.24, 2.45) is 5.92 Å². The molecule has 1 aromatic heterocycles. The lowest BCUT2D eigenvalue weighted by Gasteiger charge is -2.38. The first-order valence-electron chi connectivity index (χ1n) is 13.7. The highest BCUT2D eigenvalue weighted by Crippen LogP contribution is 2.31. The molecule has 0 bridgehead atoms. The van der Waals surface area contributed by atoms with Gasteiger partial charge in [0.1, 0.15) is 11.9 Å². The number of aliphatic hydroxyl groups excluding tert-OH is 1. The number of ether oxygens (including phenoxy) is 2. The van der Waals surface area contributed by atoms with Gasteiger partial charge in [-0.1, -0.05) is 6.92 Å². The third-order valence-corrected chi connectivity index (χ3v) is 7.40. The number of fused-ring (bicyclic) bond motifs is 1. The minimum Gasteiger partial charge on any atom is -0.488 e. The van der Waals surface area contributed by atoms with Gasteiger partial charge in [-0.2, -0.15) is 0 Å². The molecule has 0 radical (unpaired) electrons. The van der Waals surface area contributed by atoms with Gasteiger partial charge < -0.3 is 24.8 Å². The van der Waals surface area contributed by atoms with Crippen LogP contribution in [0.5, 0.6) is 5.75 Å². The number of rotatable bonds is 10. The summed E-state index contributed by atoms with van der Waals surface area (Å²) in [7, 11) is 2.05. The maximum absolute atomic E-state index is 13.7. The van der Waals surface area contributed by atoms with Crippen molar-refractivity contribution < 1.29 is 24.2 Å². The van der Waals surface area contributed by atoms with Gasteiger partial charge in [0, 0.05) is 69.7 Å². The standard InChI is InChI=1S/C29H41N5O5/c1-21-17-34(22(2)20-35)29(37)25-16-24(31-28(36)8-11-33-12-14-38-15-13-33)4-5-26(25)39-27(21)19-32(3)18-23-6-9-30-10-7-23/h4-7,9-10,16,21-22,27,35H,8,11-15,17-20H2,1-3H3,(H,31,36)/t21-,22+,27+/m0/s1. The largest absolute Gasteiger partial charge is 0.488 e. The number of morpholine rings is 1. The summed E-state index contributed by atoms with van der Waals surface area (Å²) in [5, 5.41) is 12.8. The lowest BCUT2D eigenvalue weighted by Crippen LogP contribution is -2.49. The van der Waals surface area contributed by atoms with Crippen molar-refractivity contribution in [1.29, 1.82) is 0 Å². The fourth-order valence-electron chi connectivity index (χ4n) is 5.00. The van der Waals surface area contributed by atoms with Gasteiger partial charge in [0.2, 0.25) is 5.91 Å². The Labute approximate surface area is 230 Å². The first-order valence-corrected chi connectivity index (χ1v) is 13.7. The van der Waals surface area contributed by atoms with Crippen molar-refractivity contribution in [2.45, 2.75) is 39.0 Å². The smallest absolute Gasteiger partial charge is 0.258 e. The topological polar surface area (TPSA) is 107 Å². The van der Waals surface area contributed by atoms with Crippen LogP contribution < -0.4 is 10.1 Å². The molecular weight excluding hydrogens is 498 g/mol. The third-order valence-electron chi connectivity index (χ3n) is 7.40. The van der Waals surface area contributed by atoms with Crippen LogP contribution in [0, 0.1) is 5.92 Å².